The summed E-state index contributed by atoms with van der Waals surface area (Å²) < 4.78 is 5.07. The van der Waals surface area contributed by atoms with E-state index in [4.69, 9.17) is 4.74 Å². The van der Waals surface area contributed by atoms with Crippen LogP contribution >= 0.6 is 11.8 Å². The van der Waals surface area contributed by atoms with Gasteiger partial charge in [-0.3, -0.25) is 4.79 Å². The van der Waals surface area contributed by atoms with E-state index in [9.17, 15) is 14.7 Å². The van der Waals surface area contributed by atoms with E-state index in [0.717, 1.165) is 23.1 Å². The van der Waals surface area contributed by atoms with Gasteiger partial charge in [-0.15, -0.1) is 5.10 Å². The summed E-state index contributed by atoms with van der Waals surface area (Å²) in [5, 5.41) is 20.6. The zero-order valence-corrected chi connectivity index (χ0v) is 12.8. The van der Waals surface area contributed by atoms with Gasteiger partial charge < -0.3 is 20.0 Å². The van der Waals surface area contributed by atoms with Crippen molar-refractivity contribution in [2.24, 2.45) is 10.2 Å². The highest BCUT2D eigenvalue weighted by Crippen LogP contribution is 2.22. The maximum atomic E-state index is 11.5. The van der Waals surface area contributed by atoms with Gasteiger partial charge in [0.25, 0.3) is 0 Å². The van der Waals surface area contributed by atoms with E-state index in [1.165, 1.54) is 0 Å². The lowest BCUT2D eigenvalue weighted by atomic mass is 10.1. The highest BCUT2D eigenvalue weighted by atomic mass is 32.2. The first-order valence-electron chi connectivity index (χ1n) is 6.43. The molecule has 1 aromatic rings. The summed E-state index contributed by atoms with van der Waals surface area (Å²) in [6.07, 6.45) is -0.350. The fourth-order valence-corrected chi connectivity index (χ4v) is 2.65. The summed E-state index contributed by atoms with van der Waals surface area (Å²) in [4.78, 5) is 22.1. The molecule has 0 aliphatic carbocycles. The number of thioether (sulfide) groups is 1. The molecule has 0 saturated carbocycles. The molecular weight excluding hydrogens is 306 g/mol. The molecule has 0 bridgehead atoms. The van der Waals surface area contributed by atoms with Gasteiger partial charge in [0.05, 0.1) is 18.1 Å². The van der Waals surface area contributed by atoms with Gasteiger partial charge in [-0.05, 0) is 36.8 Å². The molecule has 0 aromatic heterocycles. The van der Waals surface area contributed by atoms with Gasteiger partial charge in [0.2, 0.25) is 5.91 Å². The predicted octanol–water partition coefficient (Wildman–Crippen LogP) is 0.147. The van der Waals surface area contributed by atoms with E-state index >= 15 is 0 Å². The lowest BCUT2D eigenvalue weighted by molar-refractivity contribution is -0.305. The molecule has 8 heteroatoms. The van der Waals surface area contributed by atoms with Crippen LogP contribution < -0.4 is 15.2 Å². The average molecular weight is 320 g/mol. The fourth-order valence-electron chi connectivity index (χ4n) is 1.75. The molecule has 0 spiro atoms. The zero-order chi connectivity index (χ0) is 16.1. The molecule has 1 fully saturated rings. The van der Waals surface area contributed by atoms with Crippen molar-refractivity contribution in [1.29, 1.82) is 0 Å². The standard InChI is InChI=1S/C14H15N3O4S/c1-8(9-3-5-10(21-2)6-4-9)16-17-14-15-13(20)11(22-14)7-12(18)19/h3-6,11H,7H2,1-2H3,(H,18,19)(H,15,17,20)/p-1/b16-8-/t11-/m0/s1. The summed E-state index contributed by atoms with van der Waals surface area (Å²) in [5.41, 5.74) is 1.53. The minimum absolute atomic E-state index is 0.282. The molecular formula is C14H14N3O4S-. The molecule has 1 amide bonds. The van der Waals surface area contributed by atoms with Crippen molar-refractivity contribution < 1.29 is 19.4 Å². The van der Waals surface area contributed by atoms with E-state index in [0.29, 0.717) is 5.71 Å². The van der Waals surface area contributed by atoms with Gasteiger partial charge >= 0.3 is 0 Å². The van der Waals surface area contributed by atoms with E-state index in [1.54, 1.807) is 14.0 Å². The summed E-state index contributed by atoms with van der Waals surface area (Å²) in [5.74, 6) is -0.927. The minimum Gasteiger partial charge on any atom is -0.550 e. The maximum Gasteiger partial charge on any atom is 0.239 e. The second kappa shape index (κ2) is 7.08. The van der Waals surface area contributed by atoms with Gasteiger partial charge in [0, 0.05) is 12.4 Å². The summed E-state index contributed by atoms with van der Waals surface area (Å²) in [6.45, 7) is 1.78. The van der Waals surface area contributed by atoms with E-state index in [2.05, 4.69) is 15.5 Å². The first-order valence-corrected chi connectivity index (χ1v) is 7.31. The second-order valence-electron chi connectivity index (χ2n) is 4.49. The lowest BCUT2D eigenvalue weighted by Gasteiger charge is -2.04. The third kappa shape index (κ3) is 4.08. The van der Waals surface area contributed by atoms with Crippen LogP contribution in [0.2, 0.25) is 0 Å². The predicted molar refractivity (Wildman–Crippen MR) is 81.8 cm³/mol. The van der Waals surface area contributed by atoms with Gasteiger partial charge in [0.15, 0.2) is 5.17 Å². The highest BCUT2D eigenvalue weighted by Gasteiger charge is 2.30. The smallest absolute Gasteiger partial charge is 0.239 e. The van der Waals surface area contributed by atoms with Crippen molar-refractivity contribution in [3.05, 3.63) is 29.8 Å². The number of hydrogen-bond acceptors (Lipinski definition) is 7. The van der Waals surface area contributed by atoms with Gasteiger partial charge in [0.1, 0.15) is 5.75 Å². The molecule has 1 aromatic carbocycles. The minimum atomic E-state index is -1.27. The van der Waals surface area contributed by atoms with Crippen LogP contribution in [0.15, 0.2) is 34.5 Å². The lowest BCUT2D eigenvalue weighted by Crippen LogP contribution is -2.31. The monoisotopic (exact) mass is 320 g/mol. The number of carbonyl (C=O) groups is 2. The number of carbonyl (C=O) groups excluding carboxylic acids is 2. The van der Waals surface area contributed by atoms with Crippen molar-refractivity contribution in [2.45, 2.75) is 18.6 Å². The molecule has 0 unspecified atom stereocenters. The van der Waals surface area contributed by atoms with Crippen molar-refractivity contribution in [2.75, 3.05) is 7.11 Å². The third-order valence-electron chi connectivity index (χ3n) is 2.93. The van der Waals surface area contributed by atoms with Crippen molar-refractivity contribution >= 4 is 34.5 Å². The first kappa shape index (κ1) is 16.0. The first-order chi connectivity index (χ1) is 10.5. The molecule has 7 nitrogen and oxygen atoms in total. The normalized spacial score (nSPS) is 20.1. The van der Waals surface area contributed by atoms with Crippen LogP contribution in [-0.4, -0.2) is 35.1 Å². The Morgan fingerprint density at radius 3 is 2.68 bits per heavy atom. The topological polar surface area (TPSA) is 103 Å². The van der Waals surface area contributed by atoms with Crippen molar-refractivity contribution in [1.82, 2.24) is 5.32 Å². The number of nitrogens with one attached hydrogen (secondary N) is 1. The second-order valence-corrected chi connectivity index (χ2v) is 5.68. The van der Waals surface area contributed by atoms with E-state index < -0.39 is 17.1 Å². The molecule has 1 aliphatic heterocycles. The Morgan fingerprint density at radius 2 is 2.09 bits per heavy atom. The van der Waals surface area contributed by atoms with Crippen LogP contribution in [0, 0.1) is 0 Å². The van der Waals surface area contributed by atoms with Crippen molar-refractivity contribution in [3.8, 4) is 5.75 Å². The Morgan fingerprint density at radius 1 is 1.41 bits per heavy atom. The van der Waals surface area contributed by atoms with Crippen molar-refractivity contribution in [3.63, 3.8) is 0 Å². The van der Waals surface area contributed by atoms with Gasteiger partial charge in [-0.25, -0.2) is 0 Å². The van der Waals surface area contributed by atoms with E-state index in [-0.39, 0.29) is 11.6 Å². The Bertz CT molecular complexity index is 640. The van der Waals surface area contributed by atoms with Gasteiger partial charge in [-0.1, -0.05) is 11.8 Å². The summed E-state index contributed by atoms with van der Waals surface area (Å²) in [6, 6.07) is 7.31. The third-order valence-corrected chi connectivity index (χ3v) is 4.00. The Labute approximate surface area is 131 Å². The Balaban J connectivity index is 2.06. The molecule has 2 rings (SSSR count). The molecule has 1 N–H and O–H groups in total. The summed E-state index contributed by atoms with van der Waals surface area (Å²) in [7, 11) is 1.59. The van der Waals surface area contributed by atoms with Crippen LogP contribution in [0.1, 0.15) is 18.9 Å². The molecule has 116 valence electrons. The van der Waals surface area contributed by atoms with Crippen LogP contribution in [-0.2, 0) is 9.59 Å². The van der Waals surface area contributed by atoms with Gasteiger partial charge in [-0.2, -0.15) is 5.10 Å². The number of amides is 1. The number of rotatable bonds is 5. The van der Waals surface area contributed by atoms with Crippen LogP contribution in [0.25, 0.3) is 0 Å². The number of ether oxygens (including phenoxy) is 1. The summed E-state index contributed by atoms with van der Waals surface area (Å²) >= 11 is 1.03. The van der Waals surface area contributed by atoms with E-state index in [1.807, 2.05) is 24.3 Å². The highest BCUT2D eigenvalue weighted by molar-refractivity contribution is 8.15. The number of carboxylic acids is 1. The van der Waals surface area contributed by atoms with Crippen LogP contribution in [0.5, 0.6) is 5.75 Å². The molecule has 22 heavy (non-hydrogen) atoms. The molecule has 1 aliphatic rings. The fraction of sp³-hybridized carbons (Fsp3) is 0.286. The molecule has 0 radical (unpaired) electrons. The quantitative estimate of drug-likeness (QED) is 0.614. The number of nitrogens with zero attached hydrogens (tertiary/aromatic N) is 2. The largest absolute Gasteiger partial charge is 0.550 e. The molecule has 1 atom stereocenters. The number of hydrogen-bond donors (Lipinski definition) is 1. The number of amidine groups is 1. The van der Waals surface area contributed by atoms with Crippen LogP contribution in [0.3, 0.4) is 0 Å². The zero-order valence-electron chi connectivity index (χ0n) is 12.0. The number of carboxylic acid groups (broad SMARTS) is 1. The van der Waals surface area contributed by atoms with Crippen LogP contribution in [0.4, 0.5) is 0 Å². The SMILES string of the molecule is COc1ccc(/C(C)=N\N=C2\NC(=O)[C@H](CC(=O)[O-])S2)cc1. The Hall–Kier alpha value is -2.35. The number of methoxy groups -OCH3 is 1. The number of benzene rings is 1. The maximum absolute atomic E-state index is 11.5. The molecule has 1 saturated heterocycles. The molecule has 1 heterocycles. The number of aliphatic carboxylic acids is 1. The Kier molecular flexibility index (Phi) is 5.16. The average Bonchev–Trinajstić information content (AvgIpc) is 2.84.